The van der Waals surface area contributed by atoms with Gasteiger partial charge in [0.1, 0.15) is 4.83 Å². The lowest BCUT2D eigenvalue weighted by Gasteiger charge is -2.15. The Morgan fingerprint density at radius 1 is 1.37 bits per heavy atom. The van der Waals surface area contributed by atoms with Gasteiger partial charge < -0.3 is 15.4 Å². The van der Waals surface area contributed by atoms with Gasteiger partial charge in [0.2, 0.25) is 5.91 Å². The number of anilines is 2. The second-order valence-corrected chi connectivity index (χ2v) is 9.49. The van der Waals surface area contributed by atoms with Crippen molar-refractivity contribution in [2.75, 3.05) is 37.4 Å². The summed E-state index contributed by atoms with van der Waals surface area (Å²) < 4.78 is 7.87. The Labute approximate surface area is 185 Å². The lowest BCUT2D eigenvalue weighted by molar-refractivity contribution is -0.117. The van der Waals surface area contributed by atoms with Gasteiger partial charge in [-0.25, -0.2) is 4.52 Å². The van der Waals surface area contributed by atoms with Crippen LogP contribution in [-0.4, -0.2) is 64.2 Å². The SMILES string of the molecule is COC1CCN(CC(=O)Nc2cnc(C)c(NC(=O)c3cnn4cc(Br)sc34)c2)C1. The van der Waals surface area contributed by atoms with Gasteiger partial charge in [0, 0.05) is 20.2 Å². The maximum atomic E-state index is 12.8. The van der Waals surface area contributed by atoms with Gasteiger partial charge in [-0.1, -0.05) is 0 Å². The highest BCUT2D eigenvalue weighted by Gasteiger charge is 2.24. The van der Waals surface area contributed by atoms with Crippen LogP contribution in [0.25, 0.3) is 4.83 Å². The predicted octanol–water partition coefficient (Wildman–Crippen LogP) is 2.77. The van der Waals surface area contributed by atoms with E-state index in [1.807, 2.05) is 0 Å². The topological polar surface area (TPSA) is 101 Å². The smallest absolute Gasteiger partial charge is 0.260 e. The number of aromatic nitrogens is 3. The van der Waals surface area contributed by atoms with Crippen molar-refractivity contribution in [1.82, 2.24) is 19.5 Å². The average Bonchev–Trinajstić information content (AvgIpc) is 3.39. The third-order valence-corrected chi connectivity index (χ3v) is 6.55. The molecule has 3 aromatic heterocycles. The van der Waals surface area contributed by atoms with Crippen molar-refractivity contribution in [1.29, 1.82) is 0 Å². The Kier molecular flexibility index (Phi) is 6.14. The van der Waals surface area contributed by atoms with Gasteiger partial charge in [-0.2, -0.15) is 5.10 Å². The molecule has 11 heteroatoms. The molecule has 1 fully saturated rings. The summed E-state index contributed by atoms with van der Waals surface area (Å²) in [5, 5.41) is 9.92. The van der Waals surface area contributed by atoms with Gasteiger partial charge in [-0.05, 0) is 35.3 Å². The number of nitrogens with zero attached hydrogens (tertiary/aromatic N) is 4. The number of halogens is 1. The summed E-state index contributed by atoms with van der Waals surface area (Å²) in [7, 11) is 1.69. The number of aryl methyl sites for hydroxylation is 1. The third kappa shape index (κ3) is 4.53. The number of pyridine rings is 1. The van der Waals surface area contributed by atoms with Gasteiger partial charge in [0.05, 0.1) is 57.7 Å². The van der Waals surface area contributed by atoms with E-state index in [9.17, 15) is 9.59 Å². The highest BCUT2D eigenvalue weighted by atomic mass is 79.9. The number of likely N-dealkylation sites (tertiary alicyclic amines) is 1. The first-order valence-electron chi connectivity index (χ1n) is 9.38. The van der Waals surface area contributed by atoms with E-state index in [4.69, 9.17) is 4.74 Å². The number of rotatable bonds is 6. The molecule has 0 spiro atoms. The molecule has 1 aliphatic heterocycles. The standard InChI is InChI=1S/C19H21BrN6O3S/c1-11-15(24-18(28)14-7-22-26-9-16(20)30-19(14)26)5-12(6-21-11)23-17(27)10-25-4-3-13(8-25)29-2/h5-7,9,13H,3-4,8,10H2,1-2H3,(H,23,27)(H,24,28). The first-order valence-corrected chi connectivity index (χ1v) is 11.0. The van der Waals surface area contributed by atoms with E-state index in [1.165, 1.54) is 17.5 Å². The van der Waals surface area contributed by atoms with E-state index in [2.05, 4.69) is 41.5 Å². The maximum absolute atomic E-state index is 12.8. The quantitative estimate of drug-likeness (QED) is 0.548. The molecule has 9 nitrogen and oxygen atoms in total. The van der Waals surface area contributed by atoms with Crippen LogP contribution < -0.4 is 10.6 Å². The van der Waals surface area contributed by atoms with Crippen LogP contribution in [0.5, 0.6) is 0 Å². The fraction of sp³-hybridized carbons (Fsp3) is 0.368. The summed E-state index contributed by atoms with van der Waals surface area (Å²) in [6.45, 7) is 3.66. The van der Waals surface area contributed by atoms with Gasteiger partial charge in [-0.15, -0.1) is 11.3 Å². The summed E-state index contributed by atoms with van der Waals surface area (Å²) >= 11 is 4.83. The molecule has 2 amide bonds. The van der Waals surface area contributed by atoms with Crippen LogP contribution in [0.1, 0.15) is 22.5 Å². The van der Waals surface area contributed by atoms with Crippen molar-refractivity contribution < 1.29 is 14.3 Å². The zero-order valence-corrected chi connectivity index (χ0v) is 18.9. The third-order valence-electron chi connectivity index (χ3n) is 4.96. The van der Waals surface area contributed by atoms with Crippen molar-refractivity contribution in [2.45, 2.75) is 19.4 Å². The minimum atomic E-state index is -0.282. The molecule has 0 aromatic carbocycles. The Morgan fingerprint density at radius 3 is 2.97 bits per heavy atom. The number of thiazole rings is 1. The lowest BCUT2D eigenvalue weighted by Crippen LogP contribution is -2.32. The molecular formula is C19H21BrN6O3S. The molecule has 158 valence electrons. The van der Waals surface area contributed by atoms with Crippen molar-refractivity contribution >= 4 is 55.3 Å². The summed E-state index contributed by atoms with van der Waals surface area (Å²) in [6.07, 6.45) is 6.02. The molecule has 4 heterocycles. The van der Waals surface area contributed by atoms with Crippen LogP contribution in [-0.2, 0) is 9.53 Å². The monoisotopic (exact) mass is 492 g/mol. The zero-order chi connectivity index (χ0) is 21.3. The number of hydrogen-bond donors (Lipinski definition) is 2. The molecule has 4 rings (SSSR count). The first-order chi connectivity index (χ1) is 14.4. The second kappa shape index (κ2) is 8.80. The number of carbonyl (C=O) groups is 2. The molecule has 0 radical (unpaired) electrons. The molecule has 2 N–H and O–H groups in total. The minimum Gasteiger partial charge on any atom is -0.380 e. The fourth-order valence-corrected chi connectivity index (χ4v) is 4.81. The number of amides is 2. The Morgan fingerprint density at radius 2 is 2.20 bits per heavy atom. The number of fused-ring (bicyclic) bond motifs is 1. The van der Waals surface area contributed by atoms with Crippen LogP contribution in [0.4, 0.5) is 11.4 Å². The van der Waals surface area contributed by atoms with Crippen LogP contribution in [0, 0.1) is 6.92 Å². The van der Waals surface area contributed by atoms with Crippen molar-refractivity contribution in [3.63, 3.8) is 0 Å². The van der Waals surface area contributed by atoms with E-state index >= 15 is 0 Å². The first kappa shape index (κ1) is 20.9. The number of ether oxygens (including phenoxy) is 1. The molecule has 0 bridgehead atoms. The van der Waals surface area contributed by atoms with Gasteiger partial charge in [0.15, 0.2) is 0 Å². The molecule has 3 aromatic rings. The van der Waals surface area contributed by atoms with Crippen LogP contribution in [0.2, 0.25) is 0 Å². The summed E-state index contributed by atoms with van der Waals surface area (Å²) in [6, 6.07) is 1.71. The van der Waals surface area contributed by atoms with Crippen molar-refractivity contribution in [2.24, 2.45) is 0 Å². The molecule has 0 saturated carbocycles. The Bertz CT molecular complexity index is 1100. The molecule has 1 atom stereocenters. The number of nitrogens with one attached hydrogen (secondary N) is 2. The average molecular weight is 493 g/mol. The highest BCUT2D eigenvalue weighted by Crippen LogP contribution is 2.27. The van der Waals surface area contributed by atoms with Gasteiger partial charge >= 0.3 is 0 Å². The van der Waals surface area contributed by atoms with E-state index in [0.29, 0.717) is 22.6 Å². The van der Waals surface area contributed by atoms with E-state index in [1.54, 1.807) is 37.0 Å². The molecule has 1 saturated heterocycles. The predicted molar refractivity (Wildman–Crippen MR) is 118 cm³/mol. The highest BCUT2D eigenvalue weighted by molar-refractivity contribution is 9.11. The number of carbonyl (C=O) groups excluding carboxylic acids is 2. The summed E-state index contributed by atoms with van der Waals surface area (Å²) in [4.78, 5) is 32.3. The van der Waals surface area contributed by atoms with E-state index in [0.717, 1.165) is 28.1 Å². The number of methoxy groups -OCH3 is 1. The molecule has 1 unspecified atom stereocenters. The summed E-state index contributed by atoms with van der Waals surface area (Å²) in [5.41, 5.74) is 2.19. The lowest BCUT2D eigenvalue weighted by atomic mass is 10.2. The normalized spacial score (nSPS) is 16.8. The van der Waals surface area contributed by atoms with Gasteiger partial charge in [0.25, 0.3) is 5.91 Å². The second-order valence-electron chi connectivity index (χ2n) is 7.08. The van der Waals surface area contributed by atoms with Crippen LogP contribution in [0.15, 0.2) is 28.4 Å². The number of hydrogen-bond acceptors (Lipinski definition) is 7. The molecule has 0 aliphatic carbocycles. The molecule has 30 heavy (non-hydrogen) atoms. The zero-order valence-electron chi connectivity index (χ0n) is 16.5. The van der Waals surface area contributed by atoms with Crippen LogP contribution in [0.3, 0.4) is 0 Å². The largest absolute Gasteiger partial charge is 0.380 e. The molecular weight excluding hydrogens is 472 g/mol. The Balaban J connectivity index is 1.42. The van der Waals surface area contributed by atoms with Crippen molar-refractivity contribution in [3.8, 4) is 0 Å². The maximum Gasteiger partial charge on any atom is 0.260 e. The Hall–Kier alpha value is -2.34. The van der Waals surface area contributed by atoms with Crippen molar-refractivity contribution in [3.05, 3.63) is 39.7 Å². The minimum absolute atomic E-state index is 0.128. The summed E-state index contributed by atoms with van der Waals surface area (Å²) in [5.74, 6) is -0.410. The van der Waals surface area contributed by atoms with Crippen LogP contribution >= 0.6 is 27.3 Å². The van der Waals surface area contributed by atoms with Gasteiger partial charge in [-0.3, -0.25) is 19.5 Å². The van der Waals surface area contributed by atoms with E-state index < -0.39 is 0 Å². The molecule has 1 aliphatic rings. The fourth-order valence-electron chi connectivity index (χ4n) is 3.37. The van der Waals surface area contributed by atoms with E-state index in [-0.39, 0.29) is 24.5 Å².